The van der Waals surface area contributed by atoms with Crippen LogP contribution in [-0.2, 0) is 19.2 Å². The number of rotatable bonds is 8. The van der Waals surface area contributed by atoms with Crippen LogP contribution in [-0.4, -0.2) is 53.1 Å². The average Bonchev–Trinajstić information content (AvgIpc) is 3.30. The SMILES string of the molecule is COc1ccc(C=C2C(Cc3ccc(OCc4ccccc4)cc3)N(C)C(=NC(=O)c3cccc(C(F)(F)F)c3)N2C(=O)O)cc1. The number of alkyl halides is 3. The summed E-state index contributed by atoms with van der Waals surface area (Å²) < 4.78 is 51.1. The number of carbonyl (C=O) groups excluding carboxylic acids is 1. The summed E-state index contributed by atoms with van der Waals surface area (Å²) in [6.45, 7) is 0.396. The lowest BCUT2D eigenvalue weighted by Crippen LogP contribution is -2.36. The molecule has 1 N–H and O–H groups in total. The van der Waals surface area contributed by atoms with E-state index in [4.69, 9.17) is 9.47 Å². The number of methoxy groups -OCH3 is 1. The first-order chi connectivity index (χ1) is 22.0. The van der Waals surface area contributed by atoms with Crippen molar-refractivity contribution in [2.45, 2.75) is 25.2 Å². The highest BCUT2D eigenvalue weighted by Crippen LogP contribution is 2.33. The fourth-order valence-corrected chi connectivity index (χ4v) is 5.03. The summed E-state index contributed by atoms with van der Waals surface area (Å²) in [4.78, 5) is 32.3. The van der Waals surface area contributed by atoms with Crippen molar-refractivity contribution in [2.24, 2.45) is 4.99 Å². The molecule has 1 heterocycles. The molecule has 5 rings (SSSR count). The maximum atomic E-state index is 13.3. The second-order valence-electron chi connectivity index (χ2n) is 10.5. The van der Waals surface area contributed by atoms with Gasteiger partial charge in [0, 0.05) is 12.6 Å². The number of benzene rings is 4. The van der Waals surface area contributed by atoms with Crippen molar-refractivity contribution < 1.29 is 37.3 Å². The molecule has 0 saturated carbocycles. The summed E-state index contributed by atoms with van der Waals surface area (Å²) >= 11 is 0. The Bertz CT molecular complexity index is 1760. The van der Waals surface area contributed by atoms with Gasteiger partial charge in [-0.3, -0.25) is 4.79 Å². The van der Waals surface area contributed by atoms with Crippen molar-refractivity contribution in [1.29, 1.82) is 0 Å². The fourth-order valence-electron chi connectivity index (χ4n) is 5.03. The lowest BCUT2D eigenvalue weighted by Gasteiger charge is -2.20. The van der Waals surface area contributed by atoms with Gasteiger partial charge >= 0.3 is 12.3 Å². The Kier molecular flexibility index (Phi) is 9.41. The van der Waals surface area contributed by atoms with E-state index in [1.807, 2.05) is 54.6 Å². The molecule has 46 heavy (non-hydrogen) atoms. The molecule has 0 aliphatic carbocycles. The van der Waals surface area contributed by atoms with Crippen LogP contribution in [0.5, 0.6) is 11.5 Å². The molecule has 1 aliphatic heterocycles. The van der Waals surface area contributed by atoms with Crippen LogP contribution in [0.25, 0.3) is 6.08 Å². The number of likely N-dealkylation sites (N-methyl/N-ethyl adjacent to an activating group) is 1. The molecule has 1 aliphatic rings. The summed E-state index contributed by atoms with van der Waals surface area (Å²) in [5, 5.41) is 10.3. The maximum absolute atomic E-state index is 13.3. The van der Waals surface area contributed by atoms with E-state index in [0.29, 0.717) is 41.9 Å². The third kappa shape index (κ3) is 7.37. The minimum atomic E-state index is -4.66. The predicted octanol–water partition coefficient (Wildman–Crippen LogP) is 7.37. The lowest BCUT2D eigenvalue weighted by atomic mass is 10.0. The number of aliphatic imine (C=N–C) groups is 1. The van der Waals surface area contributed by atoms with Gasteiger partial charge in [0.2, 0.25) is 5.96 Å². The molecule has 0 spiro atoms. The Labute approximate surface area is 263 Å². The van der Waals surface area contributed by atoms with E-state index in [0.717, 1.165) is 28.2 Å². The molecule has 1 saturated heterocycles. The van der Waals surface area contributed by atoms with Crippen molar-refractivity contribution >= 4 is 24.0 Å². The molecule has 0 bridgehead atoms. The van der Waals surface area contributed by atoms with Crippen molar-refractivity contribution in [1.82, 2.24) is 9.80 Å². The van der Waals surface area contributed by atoms with Gasteiger partial charge in [-0.05, 0) is 71.7 Å². The second-order valence-corrected chi connectivity index (χ2v) is 10.5. The monoisotopic (exact) mass is 629 g/mol. The van der Waals surface area contributed by atoms with E-state index in [1.54, 1.807) is 37.4 Å². The van der Waals surface area contributed by atoms with Gasteiger partial charge in [0.05, 0.1) is 24.4 Å². The Morgan fingerprint density at radius 1 is 0.891 bits per heavy atom. The largest absolute Gasteiger partial charge is 0.497 e. The zero-order valence-electron chi connectivity index (χ0n) is 24.9. The van der Waals surface area contributed by atoms with Crippen LogP contribution in [0.15, 0.2) is 114 Å². The molecule has 1 fully saturated rings. The van der Waals surface area contributed by atoms with E-state index in [1.165, 1.54) is 18.1 Å². The summed E-state index contributed by atoms with van der Waals surface area (Å²) in [6.07, 6.45) is -4.09. The third-order valence-electron chi connectivity index (χ3n) is 7.44. The number of nitrogens with zero attached hydrogens (tertiary/aromatic N) is 3. The van der Waals surface area contributed by atoms with Gasteiger partial charge in [0.15, 0.2) is 0 Å². The van der Waals surface area contributed by atoms with Gasteiger partial charge < -0.3 is 19.5 Å². The van der Waals surface area contributed by atoms with Crippen molar-refractivity contribution in [3.63, 3.8) is 0 Å². The van der Waals surface area contributed by atoms with E-state index >= 15 is 0 Å². The van der Waals surface area contributed by atoms with Crippen molar-refractivity contribution in [3.8, 4) is 11.5 Å². The van der Waals surface area contributed by atoms with Crippen LogP contribution in [0, 0.1) is 0 Å². The topological polar surface area (TPSA) is 91.7 Å². The van der Waals surface area contributed by atoms with E-state index in [-0.39, 0.29) is 11.5 Å². The number of ether oxygens (including phenoxy) is 2. The summed E-state index contributed by atoms with van der Waals surface area (Å²) in [5.41, 5.74) is 1.50. The molecule has 2 amide bonds. The standard InChI is InChI=1S/C35H30F3N3O5/c1-40-30(19-23-13-17-29(18-14-23)46-22-25-7-4-3-5-8-25)31(20-24-11-15-28(45-2)16-12-24)41(34(43)44)33(40)39-32(42)26-9-6-10-27(21-26)35(36,37)38/h3-18,20-21,30H,19,22H2,1-2H3,(H,43,44). The molecular weight excluding hydrogens is 599 g/mol. The molecule has 236 valence electrons. The number of halogens is 3. The van der Waals surface area contributed by atoms with Crippen LogP contribution < -0.4 is 9.47 Å². The Balaban J connectivity index is 1.48. The number of carboxylic acid groups (broad SMARTS) is 1. The third-order valence-corrected chi connectivity index (χ3v) is 7.44. The normalized spacial score (nSPS) is 16.6. The average molecular weight is 630 g/mol. The Morgan fingerprint density at radius 3 is 2.20 bits per heavy atom. The Morgan fingerprint density at radius 2 is 1.57 bits per heavy atom. The van der Waals surface area contributed by atoms with Crippen molar-refractivity contribution in [2.75, 3.05) is 14.2 Å². The van der Waals surface area contributed by atoms with E-state index in [9.17, 15) is 27.9 Å². The molecular formula is C35H30F3N3O5. The molecule has 0 aromatic heterocycles. The second kappa shape index (κ2) is 13.6. The van der Waals surface area contributed by atoms with E-state index in [2.05, 4.69) is 4.99 Å². The minimum Gasteiger partial charge on any atom is -0.497 e. The van der Waals surface area contributed by atoms with Gasteiger partial charge in [-0.2, -0.15) is 18.2 Å². The summed E-state index contributed by atoms with van der Waals surface area (Å²) in [6, 6.07) is 27.3. The zero-order valence-corrected chi connectivity index (χ0v) is 24.9. The van der Waals surface area contributed by atoms with Gasteiger partial charge in [-0.1, -0.05) is 60.7 Å². The van der Waals surface area contributed by atoms with Crippen LogP contribution in [0.1, 0.15) is 32.6 Å². The smallest absolute Gasteiger partial charge is 0.418 e. The highest BCUT2D eigenvalue weighted by molar-refractivity contribution is 6.08. The first-order valence-corrected chi connectivity index (χ1v) is 14.2. The van der Waals surface area contributed by atoms with Gasteiger partial charge in [0.25, 0.3) is 5.91 Å². The summed E-state index contributed by atoms with van der Waals surface area (Å²) in [5.74, 6) is 0.0226. The van der Waals surface area contributed by atoms with Gasteiger partial charge in [0.1, 0.15) is 18.1 Å². The molecule has 4 aromatic rings. The molecule has 11 heteroatoms. The first kappa shape index (κ1) is 31.8. The Hall–Kier alpha value is -5.58. The maximum Gasteiger partial charge on any atom is 0.418 e. The molecule has 1 atom stereocenters. The number of carbonyl (C=O) groups is 2. The lowest BCUT2D eigenvalue weighted by molar-refractivity contribution is -0.137. The van der Waals surface area contributed by atoms with Crippen LogP contribution in [0.2, 0.25) is 0 Å². The van der Waals surface area contributed by atoms with E-state index < -0.39 is 29.8 Å². The number of amides is 2. The van der Waals surface area contributed by atoms with Gasteiger partial charge in [-0.25, -0.2) is 9.69 Å². The number of hydrogen-bond donors (Lipinski definition) is 1. The number of hydrogen-bond acceptors (Lipinski definition) is 4. The quantitative estimate of drug-likeness (QED) is 0.219. The molecule has 4 aromatic carbocycles. The molecule has 0 radical (unpaired) electrons. The van der Waals surface area contributed by atoms with Crippen molar-refractivity contribution in [3.05, 3.63) is 137 Å². The fraction of sp³-hybridized carbons (Fsp3) is 0.171. The van der Waals surface area contributed by atoms with Crippen LogP contribution in [0.3, 0.4) is 0 Å². The van der Waals surface area contributed by atoms with Gasteiger partial charge in [-0.15, -0.1) is 0 Å². The molecule has 1 unspecified atom stereocenters. The predicted molar refractivity (Wildman–Crippen MR) is 167 cm³/mol. The zero-order chi connectivity index (χ0) is 32.8. The summed E-state index contributed by atoms with van der Waals surface area (Å²) in [7, 11) is 3.12. The van der Waals surface area contributed by atoms with Crippen LogP contribution in [0.4, 0.5) is 18.0 Å². The molecule has 8 nitrogen and oxygen atoms in total. The highest BCUT2D eigenvalue weighted by Gasteiger charge is 2.42. The minimum absolute atomic E-state index is 0.234. The highest BCUT2D eigenvalue weighted by atomic mass is 19.4. The van der Waals surface area contributed by atoms with Crippen LogP contribution >= 0.6 is 0 Å². The first-order valence-electron chi connectivity index (χ1n) is 14.2. The number of guanidine groups is 1.